The standard InChI is InChI=1S/C19H32N4O3S.HI/c1-3-20-17(21-13-18(2,24)16-5-4-9-26-16)22-14-19(6-12-27-15-19)23-7-10-25-11-8-23;/h4-5,9,24H,3,6-8,10-15H2,1-2H3,(H2,20,21,22);1H. The van der Waals surface area contributed by atoms with Gasteiger partial charge in [0.05, 0.1) is 26.0 Å². The molecule has 28 heavy (non-hydrogen) atoms. The first-order chi connectivity index (χ1) is 13.1. The molecule has 0 radical (unpaired) electrons. The van der Waals surface area contributed by atoms with Gasteiger partial charge in [0, 0.05) is 37.5 Å². The van der Waals surface area contributed by atoms with Crippen LogP contribution in [-0.4, -0.2) is 78.9 Å². The number of halogens is 1. The largest absolute Gasteiger partial charge is 0.466 e. The molecule has 0 saturated carbocycles. The van der Waals surface area contributed by atoms with Crippen LogP contribution >= 0.6 is 35.7 Å². The molecule has 0 aromatic carbocycles. The fraction of sp³-hybridized carbons (Fsp3) is 0.737. The van der Waals surface area contributed by atoms with Crippen LogP contribution in [0.5, 0.6) is 0 Å². The second kappa shape index (κ2) is 11.1. The molecule has 1 aromatic rings. The van der Waals surface area contributed by atoms with Crippen LogP contribution in [-0.2, 0) is 10.3 Å². The first-order valence-electron chi connectivity index (χ1n) is 9.75. The lowest BCUT2D eigenvalue weighted by Crippen LogP contribution is -2.60. The summed E-state index contributed by atoms with van der Waals surface area (Å²) in [7, 11) is 0. The highest BCUT2D eigenvalue weighted by Crippen LogP contribution is 2.33. The smallest absolute Gasteiger partial charge is 0.191 e. The lowest BCUT2D eigenvalue weighted by molar-refractivity contribution is -0.0120. The number of rotatable bonds is 7. The van der Waals surface area contributed by atoms with Crippen molar-refractivity contribution >= 4 is 41.7 Å². The van der Waals surface area contributed by atoms with Crippen LogP contribution < -0.4 is 10.6 Å². The molecule has 0 aliphatic carbocycles. The molecule has 3 rings (SSSR count). The molecule has 2 aliphatic rings. The van der Waals surface area contributed by atoms with Crippen molar-refractivity contribution < 1.29 is 14.3 Å². The number of ether oxygens (including phenoxy) is 1. The minimum absolute atomic E-state index is 0. The SMILES string of the molecule is CCNC(=NCC(C)(O)c1ccco1)NCC1(N2CCOCC2)CCSC1.I. The van der Waals surface area contributed by atoms with Gasteiger partial charge in [-0.1, -0.05) is 0 Å². The average Bonchev–Trinajstić information content (AvgIpc) is 3.38. The van der Waals surface area contributed by atoms with Gasteiger partial charge in [-0.3, -0.25) is 4.90 Å². The van der Waals surface area contributed by atoms with E-state index in [4.69, 9.17) is 9.15 Å². The zero-order valence-corrected chi connectivity index (χ0v) is 19.9. The van der Waals surface area contributed by atoms with E-state index in [-0.39, 0.29) is 36.1 Å². The Morgan fingerprint density at radius 3 is 2.79 bits per heavy atom. The number of guanidine groups is 1. The molecule has 2 atom stereocenters. The zero-order chi connectivity index (χ0) is 19.2. The van der Waals surface area contributed by atoms with Crippen LogP contribution in [0.2, 0.25) is 0 Å². The highest BCUT2D eigenvalue weighted by atomic mass is 127. The van der Waals surface area contributed by atoms with Gasteiger partial charge in [-0.15, -0.1) is 24.0 Å². The molecule has 3 heterocycles. The molecule has 9 heteroatoms. The maximum Gasteiger partial charge on any atom is 0.191 e. The number of hydrogen-bond acceptors (Lipinski definition) is 6. The zero-order valence-electron chi connectivity index (χ0n) is 16.8. The number of nitrogens with zero attached hydrogens (tertiary/aromatic N) is 2. The van der Waals surface area contributed by atoms with Crippen molar-refractivity contribution in [3.63, 3.8) is 0 Å². The van der Waals surface area contributed by atoms with Gasteiger partial charge in [0.25, 0.3) is 0 Å². The predicted molar refractivity (Wildman–Crippen MR) is 125 cm³/mol. The number of thioether (sulfide) groups is 1. The van der Waals surface area contributed by atoms with Gasteiger partial charge < -0.3 is 24.9 Å². The summed E-state index contributed by atoms with van der Waals surface area (Å²) in [6.07, 6.45) is 2.75. The van der Waals surface area contributed by atoms with Crippen molar-refractivity contribution in [3.8, 4) is 0 Å². The monoisotopic (exact) mass is 524 g/mol. The molecule has 3 N–H and O–H groups in total. The Labute approximate surface area is 189 Å². The van der Waals surface area contributed by atoms with Crippen molar-refractivity contribution in [3.05, 3.63) is 24.2 Å². The summed E-state index contributed by atoms with van der Waals surface area (Å²) in [5.74, 6) is 3.58. The Kier molecular flexibility index (Phi) is 9.39. The molecule has 2 unspecified atom stereocenters. The van der Waals surface area contributed by atoms with E-state index in [1.54, 1.807) is 25.3 Å². The van der Waals surface area contributed by atoms with E-state index in [0.29, 0.717) is 5.76 Å². The first-order valence-corrected chi connectivity index (χ1v) is 10.9. The first kappa shape index (κ1) is 23.8. The van der Waals surface area contributed by atoms with Gasteiger partial charge in [0.1, 0.15) is 11.4 Å². The quantitative estimate of drug-likeness (QED) is 0.286. The third-order valence-corrected chi connectivity index (χ3v) is 6.52. The van der Waals surface area contributed by atoms with E-state index >= 15 is 0 Å². The summed E-state index contributed by atoms with van der Waals surface area (Å²) in [4.78, 5) is 7.19. The van der Waals surface area contributed by atoms with Gasteiger partial charge in [-0.05, 0) is 38.2 Å². The van der Waals surface area contributed by atoms with Crippen LogP contribution in [0.3, 0.4) is 0 Å². The maximum absolute atomic E-state index is 10.6. The van der Waals surface area contributed by atoms with E-state index in [0.717, 1.165) is 51.1 Å². The van der Waals surface area contributed by atoms with E-state index in [1.165, 1.54) is 12.2 Å². The average molecular weight is 524 g/mol. The number of morpholine rings is 1. The number of furan rings is 1. The second-order valence-corrected chi connectivity index (χ2v) is 8.53. The van der Waals surface area contributed by atoms with Gasteiger partial charge in [0.2, 0.25) is 0 Å². The second-order valence-electron chi connectivity index (χ2n) is 7.43. The number of hydrogen-bond donors (Lipinski definition) is 3. The predicted octanol–water partition coefficient (Wildman–Crippen LogP) is 1.87. The molecule has 0 bridgehead atoms. The Balaban J connectivity index is 0.00000280. The molecular weight excluding hydrogens is 491 g/mol. The Bertz CT molecular complexity index is 600. The van der Waals surface area contributed by atoms with Gasteiger partial charge in [0.15, 0.2) is 5.96 Å². The topological polar surface area (TPSA) is 82.3 Å². The van der Waals surface area contributed by atoms with E-state index in [9.17, 15) is 5.11 Å². The fourth-order valence-electron chi connectivity index (χ4n) is 3.62. The van der Waals surface area contributed by atoms with Crippen LogP contribution in [0.25, 0.3) is 0 Å². The van der Waals surface area contributed by atoms with Crippen molar-refractivity contribution in [1.82, 2.24) is 15.5 Å². The maximum atomic E-state index is 10.6. The van der Waals surface area contributed by atoms with Crippen molar-refractivity contribution in [2.24, 2.45) is 4.99 Å². The van der Waals surface area contributed by atoms with Gasteiger partial charge in [-0.25, -0.2) is 4.99 Å². The molecule has 2 fully saturated rings. The molecule has 0 amide bonds. The van der Waals surface area contributed by atoms with Crippen LogP contribution in [0.15, 0.2) is 27.8 Å². The molecule has 2 saturated heterocycles. The summed E-state index contributed by atoms with van der Waals surface area (Å²) < 4.78 is 10.9. The Morgan fingerprint density at radius 1 is 1.39 bits per heavy atom. The summed E-state index contributed by atoms with van der Waals surface area (Å²) in [6.45, 7) is 9.22. The molecule has 2 aliphatic heterocycles. The van der Waals surface area contributed by atoms with Gasteiger partial charge in [-0.2, -0.15) is 11.8 Å². The van der Waals surface area contributed by atoms with Gasteiger partial charge >= 0.3 is 0 Å². The van der Waals surface area contributed by atoms with E-state index in [2.05, 4.69) is 20.5 Å². The molecular formula is C19H33IN4O3S. The van der Waals surface area contributed by atoms with Crippen LogP contribution in [0.1, 0.15) is 26.0 Å². The third kappa shape index (κ3) is 6.01. The minimum Gasteiger partial charge on any atom is -0.466 e. The third-order valence-electron chi connectivity index (χ3n) is 5.29. The minimum atomic E-state index is -1.13. The number of nitrogens with one attached hydrogen (secondary N) is 2. The summed E-state index contributed by atoms with van der Waals surface area (Å²) >= 11 is 2.02. The normalized spacial score (nSPS) is 25.8. The highest BCUT2D eigenvalue weighted by Gasteiger charge is 2.40. The van der Waals surface area contributed by atoms with E-state index in [1.807, 2.05) is 18.7 Å². The number of aliphatic imine (C=N–C) groups is 1. The lowest BCUT2D eigenvalue weighted by atomic mass is 9.95. The summed E-state index contributed by atoms with van der Waals surface area (Å²) in [5.41, 5.74) is -0.981. The summed E-state index contributed by atoms with van der Waals surface area (Å²) in [5, 5.41) is 17.5. The molecule has 7 nitrogen and oxygen atoms in total. The summed E-state index contributed by atoms with van der Waals surface area (Å²) in [6, 6.07) is 3.56. The van der Waals surface area contributed by atoms with Crippen molar-refractivity contribution in [2.45, 2.75) is 31.4 Å². The molecule has 1 aromatic heterocycles. The van der Waals surface area contributed by atoms with Crippen LogP contribution in [0, 0.1) is 0 Å². The highest BCUT2D eigenvalue weighted by molar-refractivity contribution is 14.0. The molecule has 0 spiro atoms. The van der Waals surface area contributed by atoms with Crippen molar-refractivity contribution in [1.29, 1.82) is 0 Å². The molecule has 160 valence electrons. The Morgan fingerprint density at radius 2 is 2.18 bits per heavy atom. The van der Waals surface area contributed by atoms with Crippen LogP contribution in [0.4, 0.5) is 0 Å². The van der Waals surface area contributed by atoms with E-state index < -0.39 is 5.60 Å². The number of aliphatic hydroxyl groups is 1. The van der Waals surface area contributed by atoms with Crippen molar-refractivity contribution in [2.75, 3.05) is 57.4 Å². The fourth-order valence-corrected chi connectivity index (χ4v) is 5.10. The lowest BCUT2D eigenvalue weighted by Gasteiger charge is -2.43. The Hall–Kier alpha value is -0.490.